The molecular weight excluding hydrogens is 380 g/mol. The summed E-state index contributed by atoms with van der Waals surface area (Å²) in [4.78, 5) is 19.3. The van der Waals surface area contributed by atoms with Crippen LogP contribution in [0.1, 0.15) is 42.2 Å². The van der Waals surface area contributed by atoms with E-state index in [1.807, 2.05) is 29.2 Å². The third-order valence-electron chi connectivity index (χ3n) is 5.56. The molecule has 0 aliphatic carbocycles. The zero-order valence-corrected chi connectivity index (χ0v) is 17.6. The maximum atomic E-state index is 12.5. The number of likely N-dealkylation sites (tertiary alicyclic amines) is 1. The molecular formula is C24H28N2O2S. The first kappa shape index (κ1) is 20.0. The van der Waals surface area contributed by atoms with E-state index in [0.29, 0.717) is 25.6 Å². The summed E-state index contributed by atoms with van der Waals surface area (Å²) in [5, 5.41) is 1.23. The van der Waals surface area contributed by atoms with E-state index in [1.54, 1.807) is 11.3 Å². The molecule has 0 saturated carbocycles. The van der Waals surface area contributed by atoms with Gasteiger partial charge in [-0.05, 0) is 43.4 Å². The first-order valence-corrected chi connectivity index (χ1v) is 11.4. The number of ether oxygens (including phenoxy) is 1. The number of amides is 1. The predicted molar refractivity (Wildman–Crippen MR) is 118 cm³/mol. The molecule has 3 aromatic rings. The van der Waals surface area contributed by atoms with Crippen LogP contribution in [0.25, 0.3) is 10.2 Å². The van der Waals surface area contributed by atoms with Gasteiger partial charge in [-0.25, -0.2) is 4.98 Å². The first-order chi connectivity index (χ1) is 14.3. The van der Waals surface area contributed by atoms with Crippen molar-refractivity contribution in [2.24, 2.45) is 0 Å². The second kappa shape index (κ2) is 9.99. The van der Waals surface area contributed by atoms with Gasteiger partial charge in [0.15, 0.2) is 0 Å². The van der Waals surface area contributed by atoms with Gasteiger partial charge >= 0.3 is 0 Å². The van der Waals surface area contributed by atoms with E-state index < -0.39 is 0 Å². The lowest BCUT2D eigenvalue weighted by Crippen LogP contribution is -2.37. The second-order valence-corrected chi connectivity index (χ2v) is 8.69. The summed E-state index contributed by atoms with van der Waals surface area (Å²) in [6.07, 6.45) is 4.33. The van der Waals surface area contributed by atoms with Crippen molar-refractivity contribution in [1.82, 2.24) is 9.88 Å². The van der Waals surface area contributed by atoms with Crippen LogP contribution in [-0.2, 0) is 16.0 Å². The monoisotopic (exact) mass is 408 g/mol. The van der Waals surface area contributed by atoms with Crippen LogP contribution in [0.5, 0.6) is 0 Å². The van der Waals surface area contributed by atoms with Crippen LogP contribution in [-0.4, -0.2) is 42.1 Å². The van der Waals surface area contributed by atoms with Crippen molar-refractivity contribution < 1.29 is 9.53 Å². The number of carbonyl (C=O) groups excluding carboxylic acids is 1. The molecule has 4 nitrogen and oxygen atoms in total. The van der Waals surface area contributed by atoms with E-state index in [-0.39, 0.29) is 5.91 Å². The average Bonchev–Trinajstić information content (AvgIpc) is 3.21. The quantitative estimate of drug-likeness (QED) is 0.490. The third kappa shape index (κ3) is 5.43. The lowest BCUT2D eigenvalue weighted by Gasteiger charge is -2.31. The van der Waals surface area contributed by atoms with Gasteiger partial charge in [0, 0.05) is 32.0 Å². The standard InChI is InChI=1S/C24H28N2O2S/c27-23(11-6-17-28-18-14-19-7-2-1-3-8-19)26-15-12-20(13-16-26)24-25-21-9-4-5-10-22(21)29-24/h1-5,7-10,20H,6,11-18H2. The van der Waals surface area contributed by atoms with Gasteiger partial charge in [-0.1, -0.05) is 42.5 Å². The highest BCUT2D eigenvalue weighted by Crippen LogP contribution is 2.33. The average molecular weight is 409 g/mol. The lowest BCUT2D eigenvalue weighted by molar-refractivity contribution is -0.132. The zero-order valence-electron chi connectivity index (χ0n) is 16.8. The van der Waals surface area contributed by atoms with Gasteiger partial charge in [-0.2, -0.15) is 0 Å². The van der Waals surface area contributed by atoms with E-state index in [4.69, 9.17) is 9.72 Å². The highest BCUT2D eigenvalue weighted by Gasteiger charge is 2.25. The number of fused-ring (bicyclic) bond motifs is 1. The Morgan fingerprint density at radius 2 is 1.79 bits per heavy atom. The fraction of sp³-hybridized carbons (Fsp3) is 0.417. The van der Waals surface area contributed by atoms with E-state index in [9.17, 15) is 4.79 Å². The Morgan fingerprint density at radius 1 is 1.03 bits per heavy atom. The maximum absolute atomic E-state index is 12.5. The van der Waals surface area contributed by atoms with Crippen LogP contribution in [0, 0.1) is 0 Å². The molecule has 0 atom stereocenters. The zero-order chi connectivity index (χ0) is 19.9. The molecule has 1 aliphatic rings. The molecule has 0 bridgehead atoms. The maximum Gasteiger partial charge on any atom is 0.222 e. The van der Waals surface area contributed by atoms with Crippen molar-refractivity contribution in [2.75, 3.05) is 26.3 Å². The summed E-state index contributed by atoms with van der Waals surface area (Å²) in [6, 6.07) is 18.7. The van der Waals surface area contributed by atoms with Crippen molar-refractivity contribution in [2.45, 2.75) is 38.0 Å². The number of carbonyl (C=O) groups is 1. The van der Waals surface area contributed by atoms with Gasteiger partial charge in [0.25, 0.3) is 0 Å². The van der Waals surface area contributed by atoms with Crippen LogP contribution in [0.3, 0.4) is 0 Å². The summed E-state index contributed by atoms with van der Waals surface area (Å²) in [5.74, 6) is 0.747. The van der Waals surface area contributed by atoms with Gasteiger partial charge in [-0.3, -0.25) is 4.79 Å². The van der Waals surface area contributed by atoms with Crippen LogP contribution < -0.4 is 0 Å². The highest BCUT2D eigenvalue weighted by atomic mass is 32.1. The molecule has 1 aromatic heterocycles. The van der Waals surface area contributed by atoms with Crippen LogP contribution in [0.4, 0.5) is 0 Å². The minimum atomic E-state index is 0.263. The molecule has 2 aromatic carbocycles. The van der Waals surface area contributed by atoms with Crippen molar-refractivity contribution in [3.63, 3.8) is 0 Å². The van der Waals surface area contributed by atoms with Crippen LogP contribution in [0.15, 0.2) is 54.6 Å². The SMILES string of the molecule is O=C(CCCOCCc1ccccc1)N1CCC(c2nc3ccccc3s2)CC1. The third-order valence-corrected chi connectivity index (χ3v) is 6.76. The summed E-state index contributed by atoms with van der Waals surface area (Å²) in [6.45, 7) is 3.05. The molecule has 5 heteroatoms. The Morgan fingerprint density at radius 3 is 2.59 bits per heavy atom. The second-order valence-electron chi connectivity index (χ2n) is 7.63. The summed E-state index contributed by atoms with van der Waals surface area (Å²) in [7, 11) is 0. The normalized spacial score (nSPS) is 15.1. The molecule has 4 rings (SSSR count). The number of rotatable bonds is 8. The fourth-order valence-electron chi connectivity index (χ4n) is 3.86. The van der Waals surface area contributed by atoms with Crippen LogP contribution >= 0.6 is 11.3 Å². The smallest absolute Gasteiger partial charge is 0.222 e. The lowest BCUT2D eigenvalue weighted by atomic mass is 9.97. The van der Waals surface area contributed by atoms with Crippen LogP contribution in [0.2, 0.25) is 0 Å². The Kier molecular flexibility index (Phi) is 6.91. The Hall–Kier alpha value is -2.24. The van der Waals surface area contributed by atoms with E-state index in [1.165, 1.54) is 15.3 Å². The predicted octanol–water partition coefficient (Wildman–Crippen LogP) is 5.04. The van der Waals surface area contributed by atoms with Gasteiger partial charge in [0.1, 0.15) is 0 Å². The number of hydrogen-bond donors (Lipinski definition) is 0. The topological polar surface area (TPSA) is 42.4 Å². The summed E-state index contributed by atoms with van der Waals surface area (Å²) in [5.41, 5.74) is 2.39. The number of piperidine rings is 1. The molecule has 1 amide bonds. The Bertz CT molecular complexity index is 884. The highest BCUT2D eigenvalue weighted by molar-refractivity contribution is 7.18. The molecule has 1 fully saturated rings. The molecule has 2 heterocycles. The number of thiazole rings is 1. The molecule has 0 N–H and O–H groups in total. The molecule has 29 heavy (non-hydrogen) atoms. The van der Waals surface area contributed by atoms with Gasteiger partial charge in [0.05, 0.1) is 21.8 Å². The molecule has 1 saturated heterocycles. The van der Waals surface area contributed by atoms with Gasteiger partial charge < -0.3 is 9.64 Å². The first-order valence-electron chi connectivity index (χ1n) is 10.5. The number of nitrogens with zero attached hydrogens (tertiary/aromatic N) is 2. The van der Waals surface area contributed by atoms with Crippen molar-refractivity contribution >= 4 is 27.5 Å². The van der Waals surface area contributed by atoms with E-state index in [0.717, 1.165) is 44.3 Å². The molecule has 0 unspecified atom stereocenters. The van der Waals surface area contributed by atoms with Crippen molar-refractivity contribution in [1.29, 1.82) is 0 Å². The molecule has 152 valence electrons. The minimum Gasteiger partial charge on any atom is -0.381 e. The Labute approximate surface area is 176 Å². The minimum absolute atomic E-state index is 0.263. The fourth-order valence-corrected chi connectivity index (χ4v) is 5.00. The molecule has 0 spiro atoms. The van der Waals surface area contributed by atoms with Crippen molar-refractivity contribution in [3.8, 4) is 0 Å². The van der Waals surface area contributed by atoms with Gasteiger partial charge in [0.2, 0.25) is 5.91 Å². The Balaban J connectivity index is 1.14. The summed E-state index contributed by atoms with van der Waals surface area (Å²) < 4.78 is 6.96. The number of hydrogen-bond acceptors (Lipinski definition) is 4. The number of para-hydroxylation sites is 1. The molecule has 1 aliphatic heterocycles. The summed E-state index contributed by atoms with van der Waals surface area (Å²) >= 11 is 1.80. The van der Waals surface area contributed by atoms with E-state index in [2.05, 4.69) is 30.3 Å². The largest absolute Gasteiger partial charge is 0.381 e. The number of aromatic nitrogens is 1. The van der Waals surface area contributed by atoms with Gasteiger partial charge in [-0.15, -0.1) is 11.3 Å². The molecule has 0 radical (unpaired) electrons. The van der Waals surface area contributed by atoms with Crippen molar-refractivity contribution in [3.05, 3.63) is 65.2 Å². The number of benzene rings is 2. The van der Waals surface area contributed by atoms with E-state index >= 15 is 0 Å².